The van der Waals surface area contributed by atoms with Crippen LogP contribution in [0.3, 0.4) is 0 Å². The standard InChI is InChI=1S/C21H25NO3/c1-16(2)12-13-22-20(23)15-25-21(24)14-17-8-10-19(11-9-17)18-6-4-3-5-7-18/h3-11,16H,12-15H2,1-2H3,(H,22,23). The van der Waals surface area contributed by atoms with E-state index < -0.39 is 5.97 Å². The largest absolute Gasteiger partial charge is 0.455 e. The number of carbonyl (C=O) groups excluding carboxylic acids is 2. The van der Waals surface area contributed by atoms with E-state index in [1.54, 1.807) is 0 Å². The molecule has 0 fully saturated rings. The van der Waals surface area contributed by atoms with E-state index in [1.165, 1.54) is 0 Å². The topological polar surface area (TPSA) is 55.4 Å². The van der Waals surface area contributed by atoms with Crippen molar-refractivity contribution in [3.63, 3.8) is 0 Å². The summed E-state index contributed by atoms with van der Waals surface area (Å²) in [6, 6.07) is 17.8. The molecular formula is C21H25NO3. The first-order valence-electron chi connectivity index (χ1n) is 8.61. The molecule has 4 nitrogen and oxygen atoms in total. The monoisotopic (exact) mass is 339 g/mol. The van der Waals surface area contributed by atoms with Gasteiger partial charge in [-0.1, -0.05) is 68.4 Å². The number of carbonyl (C=O) groups is 2. The predicted molar refractivity (Wildman–Crippen MR) is 99.0 cm³/mol. The maximum atomic E-state index is 11.9. The fourth-order valence-electron chi connectivity index (χ4n) is 2.36. The predicted octanol–water partition coefficient (Wildman–Crippen LogP) is 3.60. The summed E-state index contributed by atoms with van der Waals surface area (Å²) >= 11 is 0. The Labute approximate surface area is 149 Å². The molecule has 2 aromatic rings. The van der Waals surface area contributed by atoms with E-state index in [-0.39, 0.29) is 18.9 Å². The second-order valence-corrected chi connectivity index (χ2v) is 6.43. The highest BCUT2D eigenvalue weighted by Crippen LogP contribution is 2.19. The summed E-state index contributed by atoms with van der Waals surface area (Å²) in [6.45, 7) is 4.57. The Morgan fingerprint density at radius 3 is 2.24 bits per heavy atom. The van der Waals surface area contributed by atoms with Gasteiger partial charge in [0.15, 0.2) is 6.61 Å². The van der Waals surface area contributed by atoms with Gasteiger partial charge in [-0.25, -0.2) is 0 Å². The van der Waals surface area contributed by atoms with Crippen LogP contribution in [0.1, 0.15) is 25.8 Å². The fourth-order valence-corrected chi connectivity index (χ4v) is 2.36. The summed E-state index contributed by atoms with van der Waals surface area (Å²) in [5, 5.41) is 2.74. The number of benzene rings is 2. The van der Waals surface area contributed by atoms with Crippen molar-refractivity contribution in [2.75, 3.05) is 13.2 Å². The van der Waals surface area contributed by atoms with Gasteiger partial charge in [0, 0.05) is 6.54 Å². The Hall–Kier alpha value is -2.62. The van der Waals surface area contributed by atoms with Crippen molar-refractivity contribution in [1.82, 2.24) is 5.32 Å². The van der Waals surface area contributed by atoms with Gasteiger partial charge in [-0.05, 0) is 29.0 Å². The van der Waals surface area contributed by atoms with Crippen molar-refractivity contribution in [2.45, 2.75) is 26.7 Å². The van der Waals surface area contributed by atoms with Crippen molar-refractivity contribution in [3.05, 3.63) is 60.2 Å². The van der Waals surface area contributed by atoms with Gasteiger partial charge < -0.3 is 10.1 Å². The molecule has 0 unspecified atom stereocenters. The molecule has 0 spiro atoms. The summed E-state index contributed by atoms with van der Waals surface area (Å²) in [5.41, 5.74) is 3.10. The van der Waals surface area contributed by atoms with Crippen LogP contribution in [-0.2, 0) is 20.7 Å². The average molecular weight is 339 g/mol. The summed E-state index contributed by atoms with van der Waals surface area (Å²) in [5.74, 6) is -0.124. The van der Waals surface area contributed by atoms with E-state index >= 15 is 0 Å². The minimum absolute atomic E-state index is 0.161. The van der Waals surface area contributed by atoms with Gasteiger partial charge in [0.05, 0.1) is 6.42 Å². The number of nitrogens with one attached hydrogen (secondary N) is 1. The Kier molecular flexibility index (Phi) is 7.20. The quantitative estimate of drug-likeness (QED) is 0.748. The molecule has 0 bridgehead atoms. The molecule has 0 aliphatic rings. The Bertz CT molecular complexity index is 678. The lowest BCUT2D eigenvalue weighted by molar-refractivity contribution is -0.147. The summed E-state index contributed by atoms with van der Waals surface area (Å²) < 4.78 is 5.03. The molecular weight excluding hydrogens is 314 g/mol. The van der Waals surface area contributed by atoms with Crippen molar-refractivity contribution in [1.29, 1.82) is 0 Å². The van der Waals surface area contributed by atoms with Gasteiger partial charge in [-0.3, -0.25) is 9.59 Å². The smallest absolute Gasteiger partial charge is 0.310 e. The second-order valence-electron chi connectivity index (χ2n) is 6.43. The maximum absolute atomic E-state index is 11.9. The molecule has 0 radical (unpaired) electrons. The number of esters is 1. The van der Waals surface area contributed by atoms with Crippen molar-refractivity contribution >= 4 is 11.9 Å². The molecule has 25 heavy (non-hydrogen) atoms. The maximum Gasteiger partial charge on any atom is 0.310 e. The van der Waals surface area contributed by atoms with Gasteiger partial charge >= 0.3 is 5.97 Å². The molecule has 1 amide bonds. The zero-order valence-electron chi connectivity index (χ0n) is 14.8. The number of hydrogen-bond acceptors (Lipinski definition) is 3. The lowest BCUT2D eigenvalue weighted by atomic mass is 10.0. The van der Waals surface area contributed by atoms with Crippen molar-refractivity contribution in [2.24, 2.45) is 5.92 Å². The van der Waals surface area contributed by atoms with Crippen LogP contribution in [0.25, 0.3) is 11.1 Å². The third kappa shape index (κ3) is 6.79. The molecule has 0 aliphatic carbocycles. The minimum atomic E-state index is -0.397. The van der Waals surface area contributed by atoms with Gasteiger partial charge in [-0.15, -0.1) is 0 Å². The van der Waals surface area contributed by atoms with Crippen LogP contribution >= 0.6 is 0 Å². The van der Waals surface area contributed by atoms with Crippen molar-refractivity contribution < 1.29 is 14.3 Å². The van der Waals surface area contributed by atoms with Crippen molar-refractivity contribution in [3.8, 4) is 11.1 Å². The van der Waals surface area contributed by atoms with E-state index in [1.807, 2.05) is 54.6 Å². The highest BCUT2D eigenvalue weighted by atomic mass is 16.5. The first-order chi connectivity index (χ1) is 12.0. The summed E-state index contributed by atoms with van der Waals surface area (Å²) in [7, 11) is 0. The van der Waals surface area contributed by atoms with Gasteiger partial charge in [0.2, 0.25) is 0 Å². The minimum Gasteiger partial charge on any atom is -0.455 e. The average Bonchev–Trinajstić information content (AvgIpc) is 2.61. The summed E-state index contributed by atoms with van der Waals surface area (Å²) in [4.78, 5) is 23.4. The SMILES string of the molecule is CC(C)CCNC(=O)COC(=O)Cc1ccc(-c2ccccc2)cc1. The first kappa shape index (κ1) is 18.7. The number of rotatable bonds is 8. The van der Waals surface area contributed by atoms with Crippen LogP contribution in [0.15, 0.2) is 54.6 Å². The van der Waals surface area contributed by atoms with Gasteiger partial charge in [-0.2, -0.15) is 0 Å². The van der Waals surface area contributed by atoms with E-state index in [9.17, 15) is 9.59 Å². The zero-order chi connectivity index (χ0) is 18.1. The normalized spacial score (nSPS) is 10.5. The van der Waals surface area contributed by atoms with E-state index in [2.05, 4.69) is 19.2 Å². The van der Waals surface area contributed by atoms with Crippen LogP contribution in [-0.4, -0.2) is 25.0 Å². The van der Waals surface area contributed by atoms with Crippen LogP contribution in [0.4, 0.5) is 0 Å². The number of ether oxygens (including phenoxy) is 1. The third-order valence-corrected chi connectivity index (χ3v) is 3.82. The molecule has 0 saturated carbocycles. The lowest BCUT2D eigenvalue weighted by Gasteiger charge is -2.08. The van der Waals surface area contributed by atoms with Crippen LogP contribution < -0.4 is 5.32 Å². The molecule has 0 aromatic heterocycles. The highest BCUT2D eigenvalue weighted by Gasteiger charge is 2.09. The molecule has 0 atom stereocenters. The molecule has 2 aromatic carbocycles. The molecule has 4 heteroatoms. The van der Waals surface area contributed by atoms with E-state index in [0.29, 0.717) is 12.5 Å². The number of hydrogen-bond donors (Lipinski definition) is 1. The van der Waals surface area contributed by atoms with Gasteiger partial charge in [0.25, 0.3) is 5.91 Å². The second kappa shape index (κ2) is 9.62. The van der Waals surface area contributed by atoms with Crippen LogP contribution in [0, 0.1) is 5.92 Å². The molecule has 132 valence electrons. The molecule has 2 rings (SSSR count). The zero-order valence-corrected chi connectivity index (χ0v) is 14.8. The first-order valence-corrected chi connectivity index (χ1v) is 8.61. The fraction of sp³-hybridized carbons (Fsp3) is 0.333. The van der Waals surface area contributed by atoms with Crippen LogP contribution in [0.2, 0.25) is 0 Å². The Balaban J connectivity index is 1.76. The Morgan fingerprint density at radius 1 is 0.960 bits per heavy atom. The van der Waals surface area contributed by atoms with Gasteiger partial charge in [0.1, 0.15) is 0 Å². The lowest BCUT2D eigenvalue weighted by Crippen LogP contribution is -2.30. The van der Waals surface area contributed by atoms with Crippen LogP contribution in [0.5, 0.6) is 0 Å². The number of amides is 1. The molecule has 0 aliphatic heterocycles. The van der Waals surface area contributed by atoms with E-state index in [0.717, 1.165) is 23.1 Å². The van der Waals surface area contributed by atoms with E-state index in [4.69, 9.17) is 4.74 Å². The Morgan fingerprint density at radius 2 is 1.60 bits per heavy atom. The third-order valence-electron chi connectivity index (χ3n) is 3.82. The summed E-state index contributed by atoms with van der Waals surface area (Å²) in [6.07, 6.45) is 1.07. The highest BCUT2D eigenvalue weighted by molar-refractivity contribution is 5.81. The molecule has 1 N–H and O–H groups in total. The molecule has 0 heterocycles. The molecule has 0 saturated heterocycles.